The molecule has 1 fully saturated rings. The molecule has 392 valence electrons. The predicted molar refractivity (Wildman–Crippen MR) is 276 cm³/mol. The number of aromatic nitrogens is 2. The summed E-state index contributed by atoms with van der Waals surface area (Å²) in [6.45, 7) is 16.3. The lowest BCUT2D eigenvalue weighted by atomic mass is 10.0. The lowest BCUT2D eigenvalue weighted by Crippen LogP contribution is -2.59. The smallest absolute Gasteiger partial charge is 0.327 e. The van der Waals surface area contributed by atoms with Gasteiger partial charge in [0, 0.05) is 108 Å². The maximum atomic E-state index is 13.6. The number of pyridine rings is 2. The number of amides is 7. The molecular formula is C50H69N13O9S+2. The molecule has 5 rings (SSSR count). The Hall–Kier alpha value is -7.18. The summed E-state index contributed by atoms with van der Waals surface area (Å²) < 4.78 is 8.84. The molecule has 1 aliphatic heterocycles. The zero-order chi connectivity index (χ0) is 53.0. The molecule has 23 heteroatoms. The summed E-state index contributed by atoms with van der Waals surface area (Å²) in [6.07, 6.45) is 7.75. The number of carbonyl (C=O) groups is 7. The van der Waals surface area contributed by atoms with E-state index in [1.54, 1.807) is 98.0 Å². The highest BCUT2D eigenvalue weighted by Gasteiger charge is 2.39. The number of morpholine rings is 1. The zero-order valence-electron chi connectivity index (χ0n) is 42.5. The molecule has 4 aromatic rings. The molecule has 22 nitrogen and oxygen atoms in total. The van der Waals surface area contributed by atoms with Gasteiger partial charge >= 0.3 is 23.6 Å². The Balaban J connectivity index is 0.966. The number of anilines is 4. The minimum atomic E-state index is -1.08. The molecule has 2 aromatic heterocycles. The van der Waals surface area contributed by atoms with E-state index in [2.05, 4.69) is 58.7 Å². The number of hydrogen-bond donors (Lipinski definition) is 10. The van der Waals surface area contributed by atoms with Crippen LogP contribution in [-0.4, -0.2) is 117 Å². The van der Waals surface area contributed by atoms with Crippen LogP contribution in [0, 0.1) is 13.8 Å². The molecule has 0 aliphatic carbocycles. The summed E-state index contributed by atoms with van der Waals surface area (Å²) in [6, 6.07) is 17.4. The highest BCUT2D eigenvalue weighted by molar-refractivity contribution is 7.99. The van der Waals surface area contributed by atoms with Crippen molar-refractivity contribution < 1.29 is 52.3 Å². The van der Waals surface area contributed by atoms with E-state index in [-0.39, 0.29) is 24.3 Å². The fourth-order valence-electron chi connectivity index (χ4n) is 7.13. The Bertz CT molecular complexity index is 2590. The fourth-order valence-corrected chi connectivity index (χ4v) is 7.80. The summed E-state index contributed by atoms with van der Waals surface area (Å²) >= 11 is 1.64. The second-order valence-corrected chi connectivity index (χ2v) is 19.3. The summed E-state index contributed by atoms with van der Waals surface area (Å²) in [4.78, 5) is 96.0. The van der Waals surface area contributed by atoms with Gasteiger partial charge in [-0.25, -0.2) is 5.48 Å². The van der Waals surface area contributed by atoms with Crippen LogP contribution in [0.5, 0.6) is 0 Å². The standard InChI is InChI=1S/C50H67N13O9S/c1-34-29-39(13-15-40(34)57-59-45(67)43(65)51-7)56-48(70)50(5,6)63-22-9-12-37(32-63)42(64)53-18-27-73-28-19-54-72-33-36-11-8-21-62(31-36)49(3,4)47(69)55-38-14-16-41(35(2)30-38)58-60-46(68)44(66)52-17-10-20-61-23-25-71-26-24-61/h8-9,11-16,21-22,29-32,54H,10,17-20,23-28,33H2,1-7H3,(H7-2,51,52,53,55,56,57,58,59,60,64,65,66,67,68,69,70)/p+2. The third-order valence-corrected chi connectivity index (χ3v) is 12.8. The van der Waals surface area contributed by atoms with Gasteiger partial charge in [0.25, 0.3) is 17.7 Å². The fraction of sp³-hybridized carbons (Fsp3) is 0.420. The molecule has 2 aromatic carbocycles. The average Bonchev–Trinajstić information content (AvgIpc) is 3.38. The Morgan fingerprint density at radius 1 is 0.685 bits per heavy atom. The van der Waals surface area contributed by atoms with Crippen LogP contribution in [0.3, 0.4) is 0 Å². The lowest BCUT2D eigenvalue weighted by Gasteiger charge is -2.26. The number of aryl methyl sites for hydroxylation is 2. The van der Waals surface area contributed by atoms with Crippen molar-refractivity contribution >= 4 is 75.9 Å². The monoisotopic (exact) mass is 1030 g/mol. The minimum Gasteiger partial charge on any atom is -0.379 e. The molecule has 0 unspecified atom stereocenters. The largest absolute Gasteiger partial charge is 0.379 e. The number of carbonyl (C=O) groups excluding carboxylic acids is 7. The van der Waals surface area contributed by atoms with Crippen molar-refractivity contribution in [2.75, 3.05) is 92.5 Å². The molecular weight excluding hydrogens is 959 g/mol. The minimum absolute atomic E-state index is 0.251. The molecule has 3 heterocycles. The molecule has 0 saturated carbocycles. The van der Waals surface area contributed by atoms with Crippen LogP contribution in [0.1, 0.15) is 61.2 Å². The Morgan fingerprint density at radius 2 is 1.25 bits per heavy atom. The predicted octanol–water partition coefficient (Wildman–Crippen LogP) is 1.28. The lowest BCUT2D eigenvalue weighted by molar-refractivity contribution is -0.742. The molecule has 1 aliphatic rings. The van der Waals surface area contributed by atoms with Gasteiger partial charge in [0.15, 0.2) is 24.8 Å². The van der Waals surface area contributed by atoms with Crippen LogP contribution < -0.4 is 62.9 Å². The van der Waals surface area contributed by atoms with Gasteiger partial charge < -0.3 is 31.3 Å². The molecule has 0 radical (unpaired) electrons. The number of hydrogen-bond acceptors (Lipinski definition) is 14. The van der Waals surface area contributed by atoms with Crippen LogP contribution in [0.4, 0.5) is 22.7 Å². The molecule has 7 amide bonds. The Kier molecular flexibility index (Phi) is 21.4. The molecule has 0 atom stereocenters. The van der Waals surface area contributed by atoms with Gasteiger partial charge in [-0.15, -0.1) is 0 Å². The van der Waals surface area contributed by atoms with Crippen molar-refractivity contribution in [2.45, 2.75) is 65.6 Å². The molecule has 1 saturated heterocycles. The number of likely N-dealkylation sites (N-methyl/N-ethyl adjacent to an activating group) is 1. The van der Waals surface area contributed by atoms with E-state index in [4.69, 9.17) is 9.57 Å². The first-order valence-electron chi connectivity index (χ1n) is 23.9. The van der Waals surface area contributed by atoms with Crippen LogP contribution >= 0.6 is 11.8 Å². The van der Waals surface area contributed by atoms with Crippen LogP contribution in [0.25, 0.3) is 0 Å². The van der Waals surface area contributed by atoms with Crippen LogP contribution in [0.2, 0.25) is 0 Å². The van der Waals surface area contributed by atoms with E-state index in [0.29, 0.717) is 72.5 Å². The summed E-state index contributed by atoms with van der Waals surface area (Å²) in [5.74, 6) is -2.64. The maximum absolute atomic E-state index is 13.6. The van der Waals surface area contributed by atoms with Crippen molar-refractivity contribution in [1.29, 1.82) is 0 Å². The molecule has 10 N–H and O–H groups in total. The number of thioether (sulfide) groups is 1. The number of benzene rings is 2. The molecule has 0 spiro atoms. The maximum Gasteiger partial charge on any atom is 0.327 e. The number of nitrogens with zero attached hydrogens (tertiary/aromatic N) is 3. The normalized spacial score (nSPS) is 12.7. The Labute approximate surface area is 429 Å². The topological polar surface area (TPSA) is 269 Å². The number of hydrazine groups is 2. The van der Waals surface area contributed by atoms with Crippen molar-refractivity contribution in [1.82, 2.24) is 37.2 Å². The van der Waals surface area contributed by atoms with Crippen molar-refractivity contribution in [3.63, 3.8) is 0 Å². The van der Waals surface area contributed by atoms with Crippen molar-refractivity contribution in [3.8, 4) is 0 Å². The van der Waals surface area contributed by atoms with Gasteiger partial charge in [-0.05, 0) is 86.5 Å². The highest BCUT2D eigenvalue weighted by atomic mass is 32.2. The third kappa shape index (κ3) is 17.2. The van der Waals surface area contributed by atoms with Crippen molar-refractivity contribution in [2.24, 2.45) is 0 Å². The van der Waals surface area contributed by atoms with Gasteiger partial charge in [-0.1, -0.05) is 0 Å². The van der Waals surface area contributed by atoms with Gasteiger partial charge in [0.2, 0.25) is 11.1 Å². The zero-order valence-corrected chi connectivity index (χ0v) is 43.3. The Morgan fingerprint density at radius 3 is 1.84 bits per heavy atom. The second-order valence-electron chi connectivity index (χ2n) is 18.1. The van der Waals surface area contributed by atoms with Gasteiger partial charge in [0.1, 0.15) is 5.56 Å². The van der Waals surface area contributed by atoms with Crippen LogP contribution in [0.15, 0.2) is 85.5 Å². The van der Waals surface area contributed by atoms with Crippen LogP contribution in [-0.2, 0) is 56.0 Å². The SMILES string of the molecule is CNC(=O)C(=O)NNc1ccc(NC(=O)C(C)(C)[n+]2cccc(C(=O)NCCSCCNOCc3ccc[n+](C(C)(C)C(=O)Nc4ccc(NNC(=O)C(=O)NCCCN5CCOCC5)c(C)c4)c3)c2)cc1C. The van der Waals surface area contributed by atoms with E-state index in [1.165, 1.54) is 7.05 Å². The second kappa shape index (κ2) is 27.6. The van der Waals surface area contributed by atoms with E-state index in [9.17, 15) is 33.6 Å². The first kappa shape index (κ1) is 56.7. The first-order valence-corrected chi connectivity index (χ1v) is 25.0. The number of rotatable bonds is 24. The summed E-state index contributed by atoms with van der Waals surface area (Å²) in [7, 11) is 1.35. The first-order chi connectivity index (χ1) is 34.9. The third-order valence-electron chi connectivity index (χ3n) is 11.8. The quantitative estimate of drug-likeness (QED) is 0.0205. The molecule has 0 bridgehead atoms. The average molecular weight is 1030 g/mol. The summed E-state index contributed by atoms with van der Waals surface area (Å²) in [5, 5.41) is 13.7. The van der Waals surface area contributed by atoms with E-state index in [1.807, 2.05) is 49.9 Å². The molecule has 73 heavy (non-hydrogen) atoms. The van der Waals surface area contributed by atoms with Crippen molar-refractivity contribution in [3.05, 3.63) is 108 Å². The van der Waals surface area contributed by atoms with Gasteiger partial charge in [-0.3, -0.25) is 65.0 Å². The highest BCUT2D eigenvalue weighted by Crippen LogP contribution is 2.22. The van der Waals surface area contributed by atoms with E-state index >= 15 is 0 Å². The number of hydroxylamine groups is 1. The van der Waals surface area contributed by atoms with Gasteiger partial charge in [0.05, 0.1) is 31.2 Å². The van der Waals surface area contributed by atoms with Gasteiger partial charge in [-0.2, -0.15) is 20.9 Å². The van der Waals surface area contributed by atoms with E-state index < -0.39 is 34.7 Å². The van der Waals surface area contributed by atoms with E-state index in [0.717, 1.165) is 42.9 Å². The number of ether oxygens (including phenoxy) is 1. The summed E-state index contributed by atoms with van der Waals surface area (Å²) in [5.41, 5.74) is 16.0. The number of nitrogens with one attached hydrogen (secondary N) is 10.